The Bertz CT molecular complexity index is 187. The minimum Gasteiger partial charge on any atom is -0.545 e. The van der Waals surface area contributed by atoms with Crippen molar-refractivity contribution in [2.45, 2.75) is 32.1 Å². The summed E-state index contributed by atoms with van der Waals surface area (Å²) in [5.41, 5.74) is 0. The van der Waals surface area contributed by atoms with Gasteiger partial charge in [-0.3, -0.25) is 0 Å². The van der Waals surface area contributed by atoms with Gasteiger partial charge in [0, 0.05) is 6.42 Å². The Morgan fingerprint density at radius 1 is 1.42 bits per heavy atom. The fraction of sp³-hybridized carbons (Fsp3) is 0.500. The number of carbonyl (C=O) groups is 1. The molecule has 0 aliphatic heterocycles. The van der Waals surface area contributed by atoms with Gasteiger partial charge in [0.1, 0.15) is 0 Å². The minimum atomic E-state index is -1.13. The fourth-order valence-electron chi connectivity index (χ4n) is 0.846. The summed E-state index contributed by atoms with van der Waals surface area (Å²) in [5.74, 6) is 1.43. The van der Waals surface area contributed by atoms with Gasteiger partial charge in [0.2, 0.25) is 0 Å². The van der Waals surface area contributed by atoms with Gasteiger partial charge >= 0.3 is 0 Å². The first-order valence-corrected chi connectivity index (χ1v) is 4.08. The van der Waals surface area contributed by atoms with Gasteiger partial charge in [0.15, 0.2) is 0 Å². The van der Waals surface area contributed by atoms with Crippen molar-refractivity contribution in [3.8, 4) is 12.3 Å². The number of aliphatic carboxylic acids is 1. The largest absolute Gasteiger partial charge is 0.545 e. The third-order valence-corrected chi connectivity index (χ3v) is 1.45. The zero-order valence-electron chi connectivity index (χ0n) is 7.08. The highest BCUT2D eigenvalue weighted by Crippen LogP contribution is 2.02. The molecule has 2 nitrogen and oxygen atoms in total. The molecule has 0 heterocycles. The van der Waals surface area contributed by atoms with Crippen LogP contribution in [0.25, 0.3) is 0 Å². The Morgan fingerprint density at radius 3 is 2.75 bits per heavy atom. The van der Waals surface area contributed by atoms with E-state index in [-0.39, 0.29) is 0 Å². The molecular weight excluding hydrogens is 152 g/mol. The molecule has 12 heavy (non-hydrogen) atoms. The summed E-state index contributed by atoms with van der Waals surface area (Å²) >= 11 is 0. The van der Waals surface area contributed by atoms with Gasteiger partial charge in [-0.25, -0.2) is 0 Å². The molecule has 0 amide bonds. The zero-order chi connectivity index (χ0) is 9.23. The first kappa shape index (κ1) is 10.8. The van der Waals surface area contributed by atoms with Crippen LogP contribution < -0.4 is 5.11 Å². The molecule has 0 aromatic rings. The second-order valence-electron chi connectivity index (χ2n) is 2.52. The van der Waals surface area contributed by atoms with Crippen molar-refractivity contribution < 1.29 is 9.90 Å². The minimum absolute atomic E-state index is 0.790. The van der Waals surface area contributed by atoms with Gasteiger partial charge in [0.25, 0.3) is 0 Å². The number of terminal acetylenes is 1. The molecule has 2 heteroatoms. The first-order valence-electron chi connectivity index (χ1n) is 4.08. The first-order chi connectivity index (χ1) is 5.77. The van der Waals surface area contributed by atoms with Crippen LogP contribution in [0, 0.1) is 12.3 Å². The fourth-order valence-corrected chi connectivity index (χ4v) is 0.846. The smallest absolute Gasteiger partial charge is 0.0639 e. The van der Waals surface area contributed by atoms with Crippen molar-refractivity contribution in [1.82, 2.24) is 0 Å². The number of unbranched alkanes of at least 4 members (excludes halogenated alkanes) is 4. The van der Waals surface area contributed by atoms with E-state index in [2.05, 4.69) is 5.92 Å². The van der Waals surface area contributed by atoms with E-state index in [0.29, 0.717) is 0 Å². The molecule has 0 aromatic carbocycles. The summed E-state index contributed by atoms with van der Waals surface area (Å²) in [5, 5.41) is 9.91. The lowest BCUT2D eigenvalue weighted by Crippen LogP contribution is -2.18. The maximum atomic E-state index is 9.91. The number of hydrogen-bond donors (Lipinski definition) is 0. The van der Waals surface area contributed by atoms with Crippen molar-refractivity contribution in [3.05, 3.63) is 12.2 Å². The molecule has 0 bridgehead atoms. The maximum Gasteiger partial charge on any atom is 0.0639 e. The van der Waals surface area contributed by atoms with E-state index in [1.54, 1.807) is 6.08 Å². The predicted molar refractivity (Wildman–Crippen MR) is 46.1 cm³/mol. The second-order valence-corrected chi connectivity index (χ2v) is 2.52. The molecule has 0 rings (SSSR count). The molecule has 0 atom stereocenters. The number of carboxylic acid groups (broad SMARTS) is 1. The second kappa shape index (κ2) is 7.87. The molecule has 0 unspecified atom stereocenters. The zero-order valence-corrected chi connectivity index (χ0v) is 7.08. The molecule has 0 aliphatic carbocycles. The van der Waals surface area contributed by atoms with Gasteiger partial charge in [-0.05, 0) is 25.3 Å². The van der Waals surface area contributed by atoms with Crippen molar-refractivity contribution in [2.75, 3.05) is 0 Å². The van der Waals surface area contributed by atoms with E-state index in [9.17, 15) is 9.90 Å². The van der Waals surface area contributed by atoms with Gasteiger partial charge in [-0.1, -0.05) is 12.5 Å². The van der Waals surface area contributed by atoms with E-state index in [4.69, 9.17) is 6.42 Å². The van der Waals surface area contributed by atoms with E-state index < -0.39 is 5.97 Å². The number of hydrogen-bond acceptors (Lipinski definition) is 2. The molecule has 0 saturated carbocycles. The van der Waals surface area contributed by atoms with Gasteiger partial charge in [0.05, 0.1) is 5.97 Å². The van der Waals surface area contributed by atoms with Crippen LogP contribution in [-0.2, 0) is 4.79 Å². The molecule has 66 valence electrons. The van der Waals surface area contributed by atoms with Gasteiger partial charge in [-0.15, -0.1) is 12.3 Å². The summed E-state index contributed by atoms with van der Waals surface area (Å²) in [6.07, 6.45) is 12.4. The van der Waals surface area contributed by atoms with Crippen LogP contribution >= 0.6 is 0 Å². The molecular formula is C10H13O2-. The standard InChI is InChI=1S/C10H14O2/c1-2-3-4-5-6-7-8-9-10(11)12/h1,8-9H,3-7H2,(H,11,12)/p-1/b9-8+. The van der Waals surface area contributed by atoms with Crippen molar-refractivity contribution >= 4 is 5.97 Å². The van der Waals surface area contributed by atoms with Crippen LogP contribution in [0.5, 0.6) is 0 Å². The summed E-state index contributed by atoms with van der Waals surface area (Å²) in [7, 11) is 0. The van der Waals surface area contributed by atoms with E-state index in [0.717, 1.165) is 38.2 Å². The van der Waals surface area contributed by atoms with Crippen molar-refractivity contribution in [1.29, 1.82) is 0 Å². The van der Waals surface area contributed by atoms with Crippen LogP contribution in [0.4, 0.5) is 0 Å². The van der Waals surface area contributed by atoms with E-state index in [1.165, 1.54) is 0 Å². The molecule has 0 aliphatic rings. The topological polar surface area (TPSA) is 40.1 Å². The normalized spacial score (nSPS) is 9.92. The third-order valence-electron chi connectivity index (χ3n) is 1.45. The SMILES string of the molecule is C#CCCCCC/C=C/C(=O)[O-]. The van der Waals surface area contributed by atoms with Crippen molar-refractivity contribution in [3.63, 3.8) is 0 Å². The number of allylic oxidation sites excluding steroid dienone is 1. The van der Waals surface area contributed by atoms with Crippen LogP contribution in [0.2, 0.25) is 0 Å². The summed E-state index contributed by atoms with van der Waals surface area (Å²) in [6, 6.07) is 0. The predicted octanol–water partition coefficient (Wildman–Crippen LogP) is 0.876. The van der Waals surface area contributed by atoms with Crippen molar-refractivity contribution in [2.24, 2.45) is 0 Å². The monoisotopic (exact) mass is 165 g/mol. The van der Waals surface area contributed by atoms with Crippen LogP contribution in [0.1, 0.15) is 32.1 Å². The average Bonchev–Trinajstić information content (AvgIpc) is 2.02. The highest BCUT2D eigenvalue weighted by Gasteiger charge is 1.84. The lowest BCUT2D eigenvalue weighted by molar-refractivity contribution is -0.297. The Kier molecular flexibility index (Phi) is 7.07. The third kappa shape index (κ3) is 8.77. The van der Waals surface area contributed by atoms with Crippen LogP contribution in [-0.4, -0.2) is 5.97 Å². The highest BCUT2D eigenvalue weighted by atomic mass is 16.4. The summed E-state index contributed by atoms with van der Waals surface area (Å²) in [4.78, 5) is 9.91. The number of carboxylic acids is 1. The molecule has 0 saturated heterocycles. The molecule has 0 N–H and O–H groups in total. The quantitative estimate of drug-likeness (QED) is 0.333. The number of rotatable bonds is 6. The Balaban J connectivity index is 3.11. The lowest BCUT2D eigenvalue weighted by atomic mass is 10.1. The Hall–Kier alpha value is -1.23. The molecule has 0 fully saturated rings. The average molecular weight is 165 g/mol. The number of carbonyl (C=O) groups excluding carboxylic acids is 1. The molecule has 0 radical (unpaired) electrons. The maximum absolute atomic E-state index is 9.91. The van der Waals surface area contributed by atoms with Gasteiger partial charge < -0.3 is 9.90 Å². The van der Waals surface area contributed by atoms with E-state index >= 15 is 0 Å². The molecule has 0 aromatic heterocycles. The van der Waals surface area contributed by atoms with Gasteiger partial charge in [-0.2, -0.15) is 0 Å². The lowest BCUT2D eigenvalue weighted by Gasteiger charge is -1.94. The van der Waals surface area contributed by atoms with Crippen LogP contribution in [0.3, 0.4) is 0 Å². The Morgan fingerprint density at radius 2 is 2.17 bits per heavy atom. The summed E-state index contributed by atoms with van der Waals surface area (Å²) < 4.78 is 0. The van der Waals surface area contributed by atoms with E-state index in [1.807, 2.05) is 0 Å². The summed E-state index contributed by atoms with van der Waals surface area (Å²) in [6.45, 7) is 0. The molecule has 0 spiro atoms. The van der Waals surface area contributed by atoms with Crippen LogP contribution in [0.15, 0.2) is 12.2 Å². The highest BCUT2D eigenvalue weighted by molar-refractivity contribution is 5.77. The Labute approximate surface area is 73.3 Å².